The Kier molecular flexibility index (Phi) is 5.87. The van der Waals surface area contributed by atoms with E-state index in [4.69, 9.17) is 9.47 Å². The second-order valence-corrected chi connectivity index (χ2v) is 9.62. The van der Waals surface area contributed by atoms with Crippen LogP contribution in [-0.2, 0) is 27.9 Å². The van der Waals surface area contributed by atoms with Crippen LogP contribution in [-0.4, -0.2) is 67.9 Å². The van der Waals surface area contributed by atoms with Crippen LogP contribution in [0.4, 0.5) is 4.79 Å². The van der Waals surface area contributed by atoms with E-state index in [1.165, 1.54) is 22.3 Å². The van der Waals surface area contributed by atoms with Crippen molar-refractivity contribution in [1.82, 2.24) is 15.1 Å². The molecule has 6 heteroatoms. The summed E-state index contributed by atoms with van der Waals surface area (Å²) in [5, 5.41) is 3.62. The topological polar surface area (TPSA) is 54.0 Å². The number of hydrogen-bond acceptors (Lipinski definition) is 4. The van der Waals surface area contributed by atoms with Gasteiger partial charge in [-0.15, -0.1) is 0 Å². The highest BCUT2D eigenvalue weighted by atomic mass is 16.5. The molecule has 0 aromatic heterocycles. The fraction of sp³-hybridized carbons (Fsp3) is 0.696. The van der Waals surface area contributed by atoms with Gasteiger partial charge in [-0.2, -0.15) is 0 Å². The fourth-order valence-corrected chi connectivity index (χ4v) is 4.56. The lowest BCUT2D eigenvalue weighted by molar-refractivity contribution is -0.00977. The minimum absolute atomic E-state index is 0.0934. The molecule has 0 saturated carbocycles. The molecule has 2 amide bonds. The number of fused-ring (bicyclic) bond motifs is 1. The Balaban J connectivity index is 1.62. The van der Waals surface area contributed by atoms with Crippen molar-refractivity contribution in [2.75, 3.05) is 46.0 Å². The van der Waals surface area contributed by atoms with Gasteiger partial charge in [-0.25, -0.2) is 4.79 Å². The minimum Gasteiger partial charge on any atom is -0.378 e. The predicted octanol–water partition coefficient (Wildman–Crippen LogP) is 2.84. The van der Waals surface area contributed by atoms with Crippen LogP contribution in [0.2, 0.25) is 0 Å². The molecule has 3 aliphatic rings. The van der Waals surface area contributed by atoms with E-state index in [2.05, 4.69) is 38.2 Å². The maximum atomic E-state index is 13.2. The van der Waals surface area contributed by atoms with Crippen LogP contribution in [0.5, 0.6) is 0 Å². The van der Waals surface area contributed by atoms with Gasteiger partial charge in [0.2, 0.25) is 0 Å². The Labute approximate surface area is 174 Å². The van der Waals surface area contributed by atoms with E-state index in [9.17, 15) is 4.79 Å². The number of carbonyl (C=O) groups excluding carboxylic acids is 1. The largest absolute Gasteiger partial charge is 0.378 e. The van der Waals surface area contributed by atoms with Crippen LogP contribution in [0.3, 0.4) is 0 Å². The number of benzene rings is 1. The third-order valence-corrected chi connectivity index (χ3v) is 6.32. The van der Waals surface area contributed by atoms with E-state index in [-0.39, 0.29) is 23.6 Å². The van der Waals surface area contributed by atoms with Crippen molar-refractivity contribution < 1.29 is 14.3 Å². The number of nitrogens with one attached hydrogen (secondary N) is 1. The number of rotatable bonds is 1. The molecule has 3 heterocycles. The fourth-order valence-electron chi connectivity index (χ4n) is 4.56. The van der Waals surface area contributed by atoms with Crippen LogP contribution in [0.25, 0.3) is 0 Å². The summed E-state index contributed by atoms with van der Waals surface area (Å²) >= 11 is 0. The van der Waals surface area contributed by atoms with Gasteiger partial charge in [0.25, 0.3) is 0 Å². The lowest BCUT2D eigenvalue weighted by atomic mass is 9.80. The molecule has 160 valence electrons. The third-order valence-electron chi connectivity index (χ3n) is 6.32. The first kappa shape index (κ1) is 20.6. The molecule has 1 aromatic rings. The molecular formula is C23H35N3O3. The van der Waals surface area contributed by atoms with Crippen molar-refractivity contribution >= 4 is 6.03 Å². The molecule has 4 rings (SSSR count). The number of ether oxygens (including phenoxy) is 2. The molecule has 2 fully saturated rings. The van der Waals surface area contributed by atoms with Gasteiger partial charge in [0.1, 0.15) is 0 Å². The zero-order valence-electron chi connectivity index (χ0n) is 18.3. The van der Waals surface area contributed by atoms with E-state index in [1.807, 2.05) is 16.7 Å². The average molecular weight is 402 g/mol. The molecule has 6 nitrogen and oxygen atoms in total. The molecule has 2 atom stereocenters. The summed E-state index contributed by atoms with van der Waals surface area (Å²) in [5.74, 6) is 0. The smallest absolute Gasteiger partial charge is 0.320 e. The van der Waals surface area contributed by atoms with Crippen LogP contribution in [0.15, 0.2) is 12.1 Å². The maximum absolute atomic E-state index is 13.2. The van der Waals surface area contributed by atoms with Gasteiger partial charge < -0.3 is 24.6 Å². The molecule has 1 N–H and O–H groups in total. The van der Waals surface area contributed by atoms with Crippen molar-refractivity contribution in [3.63, 3.8) is 0 Å². The number of hydrogen-bond donors (Lipinski definition) is 1. The number of urea groups is 1. The van der Waals surface area contributed by atoms with Crippen LogP contribution in [0, 0.1) is 0 Å². The van der Waals surface area contributed by atoms with E-state index < -0.39 is 0 Å². The predicted molar refractivity (Wildman–Crippen MR) is 113 cm³/mol. The molecule has 1 aromatic carbocycles. The van der Waals surface area contributed by atoms with Crippen molar-refractivity contribution in [2.24, 2.45) is 0 Å². The summed E-state index contributed by atoms with van der Waals surface area (Å²) in [6.07, 6.45) is 1.02. The van der Waals surface area contributed by atoms with Gasteiger partial charge in [0.15, 0.2) is 0 Å². The Morgan fingerprint density at radius 2 is 2.00 bits per heavy atom. The van der Waals surface area contributed by atoms with Gasteiger partial charge in [0.05, 0.1) is 32.0 Å². The third kappa shape index (κ3) is 4.44. The summed E-state index contributed by atoms with van der Waals surface area (Å²) in [4.78, 5) is 17.1. The van der Waals surface area contributed by atoms with Gasteiger partial charge in [-0.1, -0.05) is 32.9 Å². The molecule has 0 aliphatic carbocycles. The Bertz CT molecular complexity index is 752. The summed E-state index contributed by atoms with van der Waals surface area (Å²) in [6.45, 7) is 14.6. The molecule has 0 radical (unpaired) electrons. The lowest BCUT2D eigenvalue weighted by Gasteiger charge is -2.39. The normalized spacial score (nSPS) is 25.7. The first-order chi connectivity index (χ1) is 13.8. The van der Waals surface area contributed by atoms with E-state index in [1.54, 1.807) is 0 Å². The summed E-state index contributed by atoms with van der Waals surface area (Å²) < 4.78 is 11.4. The summed E-state index contributed by atoms with van der Waals surface area (Å²) in [6, 6.07) is 5.04. The monoisotopic (exact) mass is 401 g/mol. The van der Waals surface area contributed by atoms with Crippen molar-refractivity contribution in [1.29, 1.82) is 0 Å². The molecule has 3 aliphatic heterocycles. The first-order valence-corrected chi connectivity index (χ1v) is 11.0. The van der Waals surface area contributed by atoms with Gasteiger partial charge in [-0.3, -0.25) is 0 Å². The number of morpholine rings is 2. The highest BCUT2D eigenvalue weighted by Gasteiger charge is 2.32. The second kappa shape index (κ2) is 8.25. The SMILES string of the molecule is C[C@@H]1CN(C(=O)N2CCc3cc(C(C)(C)C)cc([C@@H]4COCCN4)c3C2)CCO1. The van der Waals surface area contributed by atoms with Crippen molar-refractivity contribution in [2.45, 2.75) is 58.2 Å². The molecule has 0 unspecified atom stereocenters. The Morgan fingerprint density at radius 3 is 2.69 bits per heavy atom. The summed E-state index contributed by atoms with van der Waals surface area (Å²) in [5.41, 5.74) is 5.46. The van der Waals surface area contributed by atoms with Crippen molar-refractivity contribution in [3.05, 3.63) is 34.4 Å². The first-order valence-electron chi connectivity index (χ1n) is 11.0. The molecule has 0 spiro atoms. The van der Waals surface area contributed by atoms with Gasteiger partial charge in [-0.05, 0) is 41.0 Å². The van der Waals surface area contributed by atoms with Crippen molar-refractivity contribution in [3.8, 4) is 0 Å². The number of carbonyl (C=O) groups is 1. The zero-order chi connectivity index (χ0) is 20.6. The Hall–Kier alpha value is -1.63. The van der Waals surface area contributed by atoms with Crippen LogP contribution >= 0.6 is 0 Å². The van der Waals surface area contributed by atoms with Gasteiger partial charge in [0, 0.05) is 32.7 Å². The van der Waals surface area contributed by atoms with Crippen LogP contribution in [0.1, 0.15) is 56.0 Å². The molecule has 0 bridgehead atoms. The zero-order valence-corrected chi connectivity index (χ0v) is 18.3. The average Bonchev–Trinajstić information content (AvgIpc) is 2.72. The maximum Gasteiger partial charge on any atom is 0.320 e. The minimum atomic E-state index is 0.0934. The summed E-state index contributed by atoms with van der Waals surface area (Å²) in [7, 11) is 0. The second-order valence-electron chi connectivity index (χ2n) is 9.62. The molecule has 29 heavy (non-hydrogen) atoms. The quantitative estimate of drug-likeness (QED) is 0.786. The van der Waals surface area contributed by atoms with E-state index in [0.717, 1.165) is 26.1 Å². The number of amides is 2. The Morgan fingerprint density at radius 1 is 1.17 bits per heavy atom. The van der Waals surface area contributed by atoms with Gasteiger partial charge >= 0.3 is 6.03 Å². The van der Waals surface area contributed by atoms with E-state index >= 15 is 0 Å². The van der Waals surface area contributed by atoms with Crippen LogP contribution < -0.4 is 5.32 Å². The van der Waals surface area contributed by atoms with E-state index in [0.29, 0.717) is 32.8 Å². The molecule has 2 saturated heterocycles. The number of nitrogens with zero attached hydrogens (tertiary/aromatic N) is 2. The highest BCUT2D eigenvalue weighted by molar-refractivity contribution is 5.75. The molecular weight excluding hydrogens is 366 g/mol. The standard InChI is InChI=1S/C23H35N3O3/c1-16-13-26(8-10-29-16)22(27)25-7-5-17-11-18(23(2,3)4)12-19(20(17)14-25)21-15-28-9-6-24-21/h11-12,16,21,24H,5-10,13-15H2,1-4H3/t16-,21+/m1/s1. The lowest BCUT2D eigenvalue weighted by Crippen LogP contribution is -2.51. The highest BCUT2D eigenvalue weighted by Crippen LogP contribution is 2.34.